The van der Waals surface area contributed by atoms with Gasteiger partial charge in [0, 0.05) is 12.6 Å². The second kappa shape index (κ2) is 9.30. The zero-order chi connectivity index (χ0) is 13.9. The smallest absolute Gasteiger partial charge is 0.313 e. The number of unbranched alkanes of at least 4 members (excludes halogenated alkanes) is 6. The van der Waals surface area contributed by atoms with Crippen LogP contribution < -0.4 is 11.0 Å². The Hall–Kier alpha value is -1.65. The van der Waals surface area contributed by atoms with Crippen LogP contribution in [-0.2, 0) is 4.79 Å². The van der Waals surface area contributed by atoms with Crippen molar-refractivity contribution in [2.24, 2.45) is 0 Å². The van der Waals surface area contributed by atoms with Gasteiger partial charge in [-0.05, 0) is 12.5 Å². The van der Waals surface area contributed by atoms with Crippen LogP contribution in [0.4, 0.5) is 5.82 Å². The Kier molecular flexibility index (Phi) is 7.54. The third kappa shape index (κ3) is 7.39. The van der Waals surface area contributed by atoms with Crippen molar-refractivity contribution in [1.29, 1.82) is 0 Å². The molecule has 0 bridgehead atoms. The first-order valence-electron chi connectivity index (χ1n) is 7.08. The predicted octanol–water partition coefficient (Wildman–Crippen LogP) is 2.85. The van der Waals surface area contributed by atoms with Crippen molar-refractivity contribution >= 4 is 11.7 Å². The molecule has 0 spiro atoms. The second-order valence-electron chi connectivity index (χ2n) is 4.70. The predicted molar refractivity (Wildman–Crippen MR) is 76.1 cm³/mol. The van der Waals surface area contributed by atoms with Gasteiger partial charge >= 0.3 is 5.69 Å². The van der Waals surface area contributed by atoms with Crippen molar-refractivity contribution in [3.05, 3.63) is 22.7 Å². The number of hydrogen-bond donors (Lipinski definition) is 2. The monoisotopic (exact) mass is 265 g/mol. The van der Waals surface area contributed by atoms with E-state index in [4.69, 9.17) is 0 Å². The van der Waals surface area contributed by atoms with Crippen LogP contribution in [0.5, 0.6) is 0 Å². The molecule has 0 aliphatic rings. The molecule has 0 aliphatic heterocycles. The van der Waals surface area contributed by atoms with Gasteiger partial charge in [-0.25, -0.2) is 4.79 Å². The maximum absolute atomic E-state index is 11.6. The fraction of sp³-hybridized carbons (Fsp3) is 0.643. The van der Waals surface area contributed by atoms with E-state index in [0.29, 0.717) is 12.2 Å². The quantitative estimate of drug-likeness (QED) is 0.674. The third-order valence-corrected chi connectivity index (χ3v) is 2.94. The number of carbonyl (C=O) groups is 1. The third-order valence-electron chi connectivity index (χ3n) is 2.94. The van der Waals surface area contributed by atoms with Crippen LogP contribution in [0.3, 0.4) is 0 Å². The summed E-state index contributed by atoms with van der Waals surface area (Å²) in [7, 11) is 0. The zero-order valence-electron chi connectivity index (χ0n) is 11.6. The lowest BCUT2D eigenvalue weighted by Crippen LogP contribution is -2.17. The van der Waals surface area contributed by atoms with Crippen LogP contribution in [0.2, 0.25) is 0 Å². The summed E-state index contributed by atoms with van der Waals surface area (Å²) in [5, 5.41) is 2.62. The molecule has 0 fully saturated rings. The normalized spacial score (nSPS) is 10.4. The Balaban J connectivity index is 2.10. The SMILES string of the molecule is CCCCCCCCCC(=O)Nc1cc[nH]c(=O)n1. The summed E-state index contributed by atoms with van der Waals surface area (Å²) in [5.74, 6) is 0.239. The molecular formula is C14H23N3O2. The standard InChI is InChI=1S/C14H23N3O2/c1-2-3-4-5-6-7-8-9-13(18)16-12-10-11-15-14(19)17-12/h10-11H,2-9H2,1H3,(H2,15,16,17,18,19). The molecule has 0 unspecified atom stereocenters. The number of rotatable bonds is 9. The summed E-state index contributed by atoms with van der Waals surface area (Å²) in [4.78, 5) is 28.6. The highest BCUT2D eigenvalue weighted by atomic mass is 16.2. The topological polar surface area (TPSA) is 74.8 Å². The molecular weight excluding hydrogens is 242 g/mol. The molecule has 2 N–H and O–H groups in total. The van der Waals surface area contributed by atoms with E-state index in [9.17, 15) is 9.59 Å². The molecule has 19 heavy (non-hydrogen) atoms. The van der Waals surface area contributed by atoms with Crippen molar-refractivity contribution in [3.63, 3.8) is 0 Å². The lowest BCUT2D eigenvalue weighted by atomic mass is 10.1. The average Bonchev–Trinajstić information content (AvgIpc) is 2.37. The number of nitrogens with one attached hydrogen (secondary N) is 2. The lowest BCUT2D eigenvalue weighted by molar-refractivity contribution is -0.116. The van der Waals surface area contributed by atoms with Gasteiger partial charge in [-0.1, -0.05) is 45.4 Å². The molecule has 1 rings (SSSR count). The summed E-state index contributed by atoms with van der Waals surface area (Å²) >= 11 is 0. The molecule has 0 aromatic carbocycles. The van der Waals surface area contributed by atoms with Gasteiger partial charge in [0.25, 0.3) is 0 Å². The highest BCUT2D eigenvalue weighted by Crippen LogP contribution is 2.09. The fourth-order valence-electron chi connectivity index (χ4n) is 1.89. The minimum atomic E-state index is -0.450. The van der Waals surface area contributed by atoms with Gasteiger partial charge in [-0.15, -0.1) is 0 Å². The van der Waals surface area contributed by atoms with Gasteiger partial charge in [0.1, 0.15) is 5.82 Å². The fourth-order valence-corrected chi connectivity index (χ4v) is 1.89. The highest BCUT2D eigenvalue weighted by Gasteiger charge is 2.03. The summed E-state index contributed by atoms with van der Waals surface area (Å²) < 4.78 is 0. The maximum Gasteiger partial charge on any atom is 0.346 e. The van der Waals surface area contributed by atoms with E-state index in [1.54, 1.807) is 6.07 Å². The van der Waals surface area contributed by atoms with Crippen LogP contribution in [-0.4, -0.2) is 15.9 Å². The number of H-pyrrole nitrogens is 1. The Labute approximate surface area is 113 Å². The summed E-state index contributed by atoms with van der Waals surface area (Å²) in [6, 6.07) is 1.57. The van der Waals surface area contributed by atoms with Gasteiger partial charge in [-0.2, -0.15) is 4.98 Å². The molecule has 0 radical (unpaired) electrons. The molecule has 1 aromatic rings. The first kappa shape index (κ1) is 15.4. The Bertz CT molecular complexity index is 429. The molecule has 5 heteroatoms. The molecule has 0 saturated heterocycles. The van der Waals surface area contributed by atoms with Crippen molar-refractivity contribution in [3.8, 4) is 0 Å². The van der Waals surface area contributed by atoms with Gasteiger partial charge in [0.05, 0.1) is 0 Å². The van der Waals surface area contributed by atoms with Gasteiger partial charge in [0.2, 0.25) is 5.91 Å². The Morgan fingerprint density at radius 1 is 1.21 bits per heavy atom. The first-order valence-corrected chi connectivity index (χ1v) is 7.08. The number of amides is 1. The van der Waals surface area contributed by atoms with E-state index in [1.807, 2.05) is 0 Å². The van der Waals surface area contributed by atoms with Crippen LogP contribution in [0.15, 0.2) is 17.1 Å². The van der Waals surface area contributed by atoms with E-state index in [0.717, 1.165) is 12.8 Å². The average molecular weight is 265 g/mol. The van der Waals surface area contributed by atoms with Crippen LogP contribution in [0.1, 0.15) is 58.3 Å². The van der Waals surface area contributed by atoms with Crippen molar-refractivity contribution in [1.82, 2.24) is 9.97 Å². The number of carbonyl (C=O) groups excluding carboxylic acids is 1. The van der Waals surface area contributed by atoms with Crippen molar-refractivity contribution in [2.45, 2.75) is 58.3 Å². The van der Waals surface area contributed by atoms with Crippen molar-refractivity contribution in [2.75, 3.05) is 5.32 Å². The van der Waals surface area contributed by atoms with E-state index < -0.39 is 5.69 Å². The minimum absolute atomic E-state index is 0.0772. The van der Waals surface area contributed by atoms with Crippen LogP contribution >= 0.6 is 0 Å². The largest absolute Gasteiger partial charge is 0.346 e. The summed E-state index contributed by atoms with van der Waals surface area (Å²) in [5.41, 5.74) is -0.450. The molecule has 1 heterocycles. The summed E-state index contributed by atoms with van der Waals surface area (Å²) in [6.45, 7) is 2.20. The van der Waals surface area contributed by atoms with E-state index in [-0.39, 0.29) is 5.91 Å². The van der Waals surface area contributed by atoms with E-state index >= 15 is 0 Å². The number of nitrogens with zero attached hydrogens (tertiary/aromatic N) is 1. The second-order valence-corrected chi connectivity index (χ2v) is 4.70. The van der Waals surface area contributed by atoms with E-state index in [1.165, 1.54) is 38.3 Å². The molecule has 1 aromatic heterocycles. The zero-order valence-corrected chi connectivity index (χ0v) is 11.6. The molecule has 0 saturated carbocycles. The Morgan fingerprint density at radius 3 is 2.58 bits per heavy atom. The number of anilines is 1. The maximum atomic E-state index is 11.6. The van der Waals surface area contributed by atoms with Crippen LogP contribution in [0.25, 0.3) is 0 Å². The van der Waals surface area contributed by atoms with Crippen LogP contribution in [0, 0.1) is 0 Å². The number of aromatic nitrogens is 2. The molecule has 106 valence electrons. The lowest BCUT2D eigenvalue weighted by Gasteiger charge is -2.03. The molecule has 0 aliphatic carbocycles. The summed E-state index contributed by atoms with van der Waals surface area (Å²) in [6.07, 6.45) is 10.2. The number of hydrogen-bond acceptors (Lipinski definition) is 3. The number of aromatic amines is 1. The molecule has 1 amide bonds. The van der Waals surface area contributed by atoms with Gasteiger partial charge in [-0.3, -0.25) is 4.79 Å². The van der Waals surface area contributed by atoms with Crippen molar-refractivity contribution < 1.29 is 4.79 Å². The Morgan fingerprint density at radius 2 is 1.89 bits per heavy atom. The van der Waals surface area contributed by atoms with Gasteiger partial charge in [0.15, 0.2) is 0 Å². The first-order chi connectivity index (χ1) is 9.22. The minimum Gasteiger partial charge on any atom is -0.313 e. The molecule has 5 nitrogen and oxygen atoms in total. The molecule has 0 atom stereocenters. The van der Waals surface area contributed by atoms with E-state index in [2.05, 4.69) is 22.2 Å². The van der Waals surface area contributed by atoms with Gasteiger partial charge < -0.3 is 10.3 Å². The highest BCUT2D eigenvalue weighted by molar-refractivity contribution is 5.89.